The van der Waals surface area contributed by atoms with Crippen LogP contribution >= 0.6 is 0 Å². The fourth-order valence-corrected chi connectivity index (χ4v) is 1.71. The normalized spacial score (nSPS) is 11.2. The van der Waals surface area contributed by atoms with E-state index < -0.39 is 11.6 Å². The summed E-state index contributed by atoms with van der Waals surface area (Å²) in [6.07, 6.45) is 0.149. The van der Waals surface area contributed by atoms with Gasteiger partial charge >= 0.3 is 5.97 Å². The molecule has 1 rings (SSSR count). The zero-order valence-electron chi connectivity index (χ0n) is 11.6. The molecule has 0 radical (unpaired) electrons. The van der Waals surface area contributed by atoms with Crippen molar-refractivity contribution in [3.8, 4) is 0 Å². The molecule has 0 bridgehead atoms. The Hall–Kier alpha value is -1.88. The highest BCUT2D eigenvalue weighted by atomic mass is 16.5. The van der Waals surface area contributed by atoms with Gasteiger partial charge < -0.3 is 15.2 Å². The predicted octanol–water partition coefficient (Wildman–Crippen LogP) is 2.45. The number of carboxylic acids is 1. The molecule has 0 unspecified atom stereocenters. The number of aryl methyl sites for hydroxylation is 1. The number of ether oxygens (including phenoxy) is 1. The molecule has 0 saturated heterocycles. The van der Waals surface area contributed by atoms with E-state index in [1.54, 1.807) is 39.0 Å². The SMILES string of the molecule is COC(C)(C)CC(=O)Nc1cccc(C)c1C(=O)O. The first-order valence-corrected chi connectivity index (χ1v) is 5.95. The summed E-state index contributed by atoms with van der Waals surface area (Å²) in [7, 11) is 1.53. The van der Waals surface area contributed by atoms with Gasteiger partial charge in [0.2, 0.25) is 5.91 Å². The van der Waals surface area contributed by atoms with Crippen molar-refractivity contribution in [2.24, 2.45) is 0 Å². The second kappa shape index (κ2) is 5.84. The molecule has 0 aliphatic carbocycles. The Morgan fingerprint density at radius 3 is 2.53 bits per heavy atom. The highest BCUT2D eigenvalue weighted by molar-refractivity contribution is 6.01. The van der Waals surface area contributed by atoms with Crippen LogP contribution in [-0.2, 0) is 9.53 Å². The number of hydrogen-bond donors (Lipinski definition) is 2. The number of methoxy groups -OCH3 is 1. The molecule has 0 aliphatic rings. The lowest BCUT2D eigenvalue weighted by Gasteiger charge is -2.22. The number of nitrogens with one attached hydrogen (secondary N) is 1. The maximum Gasteiger partial charge on any atom is 0.338 e. The van der Waals surface area contributed by atoms with Crippen LogP contribution in [0.4, 0.5) is 5.69 Å². The number of carbonyl (C=O) groups is 2. The molecule has 5 heteroatoms. The van der Waals surface area contributed by atoms with Crippen LogP contribution in [0.15, 0.2) is 18.2 Å². The number of amides is 1. The smallest absolute Gasteiger partial charge is 0.338 e. The van der Waals surface area contributed by atoms with Gasteiger partial charge in [-0.2, -0.15) is 0 Å². The number of hydrogen-bond acceptors (Lipinski definition) is 3. The van der Waals surface area contributed by atoms with Gasteiger partial charge in [-0.1, -0.05) is 12.1 Å². The molecular weight excluding hydrogens is 246 g/mol. The Balaban J connectivity index is 2.92. The van der Waals surface area contributed by atoms with E-state index in [0.29, 0.717) is 11.3 Å². The zero-order valence-corrected chi connectivity index (χ0v) is 11.6. The highest BCUT2D eigenvalue weighted by Gasteiger charge is 2.22. The molecule has 0 spiro atoms. The van der Waals surface area contributed by atoms with Gasteiger partial charge in [0, 0.05) is 7.11 Å². The van der Waals surface area contributed by atoms with E-state index in [-0.39, 0.29) is 17.9 Å². The minimum Gasteiger partial charge on any atom is -0.478 e. The molecule has 0 fully saturated rings. The minimum atomic E-state index is -1.06. The Morgan fingerprint density at radius 1 is 1.37 bits per heavy atom. The lowest BCUT2D eigenvalue weighted by Crippen LogP contribution is -2.30. The molecule has 0 aliphatic heterocycles. The molecule has 2 N–H and O–H groups in total. The van der Waals surface area contributed by atoms with Gasteiger partial charge in [0.15, 0.2) is 0 Å². The largest absolute Gasteiger partial charge is 0.478 e. The maximum atomic E-state index is 11.9. The van der Waals surface area contributed by atoms with Gasteiger partial charge in [-0.25, -0.2) is 4.79 Å². The first kappa shape index (κ1) is 15.2. The third-order valence-corrected chi connectivity index (χ3v) is 2.90. The van der Waals surface area contributed by atoms with E-state index in [9.17, 15) is 9.59 Å². The van der Waals surface area contributed by atoms with Crippen LogP contribution < -0.4 is 5.32 Å². The van der Waals surface area contributed by atoms with Gasteiger partial charge in [-0.05, 0) is 32.4 Å². The van der Waals surface area contributed by atoms with E-state index in [1.165, 1.54) is 7.11 Å². The molecule has 1 aromatic rings. The van der Waals surface area contributed by atoms with Crippen LogP contribution in [0.25, 0.3) is 0 Å². The molecule has 104 valence electrons. The molecular formula is C14H19NO4. The summed E-state index contributed by atoms with van der Waals surface area (Å²) < 4.78 is 5.17. The summed E-state index contributed by atoms with van der Waals surface area (Å²) in [5.41, 5.74) is 0.448. The average Bonchev–Trinajstić information content (AvgIpc) is 2.27. The summed E-state index contributed by atoms with van der Waals surface area (Å²) in [5, 5.41) is 11.8. The number of carbonyl (C=O) groups excluding carboxylic acids is 1. The summed E-state index contributed by atoms with van der Waals surface area (Å²) in [4.78, 5) is 23.1. The van der Waals surface area contributed by atoms with E-state index in [1.807, 2.05) is 0 Å². The van der Waals surface area contributed by atoms with Gasteiger partial charge in [0.05, 0.1) is 23.3 Å². The maximum absolute atomic E-state index is 11.9. The van der Waals surface area contributed by atoms with E-state index >= 15 is 0 Å². The Kier molecular flexibility index (Phi) is 4.67. The highest BCUT2D eigenvalue weighted by Crippen LogP contribution is 2.21. The van der Waals surface area contributed by atoms with Crippen molar-refractivity contribution >= 4 is 17.6 Å². The molecule has 5 nitrogen and oxygen atoms in total. The number of carboxylic acid groups (broad SMARTS) is 1. The van der Waals surface area contributed by atoms with Gasteiger partial charge in [0.25, 0.3) is 0 Å². The van der Waals surface area contributed by atoms with Crippen molar-refractivity contribution in [2.45, 2.75) is 32.8 Å². The lowest BCUT2D eigenvalue weighted by molar-refractivity contribution is -0.121. The summed E-state index contributed by atoms with van der Waals surface area (Å²) >= 11 is 0. The van der Waals surface area contributed by atoms with Crippen LogP contribution in [0.5, 0.6) is 0 Å². The van der Waals surface area contributed by atoms with E-state index in [4.69, 9.17) is 9.84 Å². The van der Waals surface area contributed by atoms with Crippen molar-refractivity contribution in [3.63, 3.8) is 0 Å². The third-order valence-electron chi connectivity index (χ3n) is 2.90. The predicted molar refractivity (Wildman–Crippen MR) is 72.5 cm³/mol. The Labute approximate surface area is 112 Å². The number of benzene rings is 1. The average molecular weight is 265 g/mol. The van der Waals surface area contributed by atoms with Crippen molar-refractivity contribution in [3.05, 3.63) is 29.3 Å². The van der Waals surface area contributed by atoms with Gasteiger partial charge in [-0.3, -0.25) is 4.79 Å². The molecule has 0 heterocycles. The fraction of sp³-hybridized carbons (Fsp3) is 0.429. The van der Waals surface area contributed by atoms with Crippen LogP contribution in [0, 0.1) is 6.92 Å². The van der Waals surface area contributed by atoms with Crippen molar-refractivity contribution in [2.75, 3.05) is 12.4 Å². The van der Waals surface area contributed by atoms with Crippen LogP contribution in [0.2, 0.25) is 0 Å². The second-order valence-corrected chi connectivity index (χ2v) is 4.99. The fourth-order valence-electron chi connectivity index (χ4n) is 1.71. The zero-order chi connectivity index (χ0) is 14.6. The minimum absolute atomic E-state index is 0.117. The van der Waals surface area contributed by atoms with Crippen LogP contribution in [0.3, 0.4) is 0 Å². The summed E-state index contributed by atoms with van der Waals surface area (Å²) in [6.45, 7) is 5.28. The standard InChI is InChI=1S/C14H19NO4/c1-9-6-5-7-10(12(9)13(17)18)15-11(16)8-14(2,3)19-4/h5-7H,8H2,1-4H3,(H,15,16)(H,17,18). The summed E-state index contributed by atoms with van der Waals surface area (Å²) in [5.74, 6) is -1.33. The van der Waals surface area contributed by atoms with Gasteiger partial charge in [0.1, 0.15) is 0 Å². The lowest BCUT2D eigenvalue weighted by atomic mass is 10.0. The topological polar surface area (TPSA) is 75.6 Å². The third kappa shape index (κ3) is 4.06. The molecule has 19 heavy (non-hydrogen) atoms. The van der Waals surface area contributed by atoms with E-state index in [2.05, 4.69) is 5.32 Å². The molecule has 1 amide bonds. The van der Waals surface area contributed by atoms with Crippen LogP contribution in [0.1, 0.15) is 36.2 Å². The van der Waals surface area contributed by atoms with Crippen molar-refractivity contribution < 1.29 is 19.4 Å². The monoisotopic (exact) mass is 265 g/mol. The number of anilines is 1. The molecule has 0 saturated carbocycles. The molecule has 0 aromatic heterocycles. The van der Waals surface area contributed by atoms with Crippen molar-refractivity contribution in [1.29, 1.82) is 0 Å². The quantitative estimate of drug-likeness (QED) is 0.857. The molecule has 0 atom stereocenters. The Bertz CT molecular complexity index is 494. The Morgan fingerprint density at radius 2 is 2.00 bits per heavy atom. The van der Waals surface area contributed by atoms with Crippen LogP contribution in [-0.4, -0.2) is 29.7 Å². The summed E-state index contributed by atoms with van der Waals surface area (Å²) in [6, 6.07) is 4.98. The van der Waals surface area contributed by atoms with Gasteiger partial charge in [-0.15, -0.1) is 0 Å². The first-order chi connectivity index (χ1) is 8.76. The number of rotatable bonds is 5. The molecule has 1 aromatic carbocycles. The second-order valence-electron chi connectivity index (χ2n) is 4.99. The van der Waals surface area contributed by atoms with Crippen molar-refractivity contribution in [1.82, 2.24) is 0 Å². The first-order valence-electron chi connectivity index (χ1n) is 5.95. The number of aromatic carboxylic acids is 1. The van der Waals surface area contributed by atoms with E-state index in [0.717, 1.165) is 0 Å².